The van der Waals surface area contributed by atoms with Gasteiger partial charge >= 0.3 is 0 Å². The molecular formula is C13H18N4. The van der Waals surface area contributed by atoms with Crippen LogP contribution in [-0.2, 0) is 0 Å². The summed E-state index contributed by atoms with van der Waals surface area (Å²) in [7, 11) is 0. The molecule has 2 aromatic heterocycles. The third-order valence-corrected chi connectivity index (χ3v) is 3.49. The van der Waals surface area contributed by atoms with Gasteiger partial charge in [0.05, 0.1) is 11.6 Å². The highest BCUT2D eigenvalue weighted by Gasteiger charge is 2.22. The molecule has 0 radical (unpaired) electrons. The number of aryl methyl sites for hydroxylation is 1. The van der Waals surface area contributed by atoms with E-state index in [9.17, 15) is 0 Å². The van der Waals surface area contributed by atoms with Gasteiger partial charge in [-0.15, -0.1) is 0 Å². The van der Waals surface area contributed by atoms with Crippen LogP contribution in [0.1, 0.15) is 37.2 Å². The Morgan fingerprint density at radius 1 is 1.41 bits per heavy atom. The summed E-state index contributed by atoms with van der Waals surface area (Å²) in [4.78, 5) is 12.3. The first-order chi connectivity index (χ1) is 8.22. The van der Waals surface area contributed by atoms with E-state index in [1.165, 1.54) is 6.42 Å². The molecule has 3 rings (SSSR count). The van der Waals surface area contributed by atoms with Gasteiger partial charge in [0.1, 0.15) is 5.82 Å². The summed E-state index contributed by atoms with van der Waals surface area (Å²) in [6.45, 7) is 5.43. The number of hydrogen-bond donors (Lipinski definition) is 2. The topological polar surface area (TPSA) is 53.6 Å². The van der Waals surface area contributed by atoms with E-state index in [1.807, 2.05) is 13.1 Å². The van der Waals surface area contributed by atoms with Gasteiger partial charge in [-0.25, -0.2) is 9.97 Å². The molecule has 1 saturated heterocycles. The summed E-state index contributed by atoms with van der Waals surface area (Å²) in [5, 5.41) is 3.52. The fraction of sp³-hybridized carbons (Fsp3) is 0.538. The predicted octanol–water partition coefficient (Wildman–Crippen LogP) is 2.33. The van der Waals surface area contributed by atoms with E-state index in [-0.39, 0.29) is 0 Å². The molecule has 2 aromatic rings. The van der Waals surface area contributed by atoms with E-state index in [0.717, 1.165) is 41.4 Å². The quantitative estimate of drug-likeness (QED) is 0.790. The number of H-pyrrole nitrogens is 1. The molecular weight excluding hydrogens is 212 g/mol. The maximum Gasteiger partial charge on any atom is 0.177 e. The second kappa shape index (κ2) is 4.11. The minimum Gasteiger partial charge on any atom is -0.339 e. The number of aromatic amines is 1. The third kappa shape index (κ3) is 2.05. The number of piperidine rings is 1. The Labute approximate surface area is 101 Å². The summed E-state index contributed by atoms with van der Waals surface area (Å²) in [6.07, 6.45) is 4.27. The van der Waals surface area contributed by atoms with E-state index < -0.39 is 0 Å². The zero-order chi connectivity index (χ0) is 11.8. The van der Waals surface area contributed by atoms with Crippen LogP contribution in [0.2, 0.25) is 0 Å². The summed E-state index contributed by atoms with van der Waals surface area (Å²) in [6, 6.07) is 2.46. The monoisotopic (exact) mass is 230 g/mol. The van der Waals surface area contributed by atoms with Gasteiger partial charge in [0.15, 0.2) is 5.65 Å². The minimum atomic E-state index is 0.355. The molecule has 0 aliphatic carbocycles. The Morgan fingerprint density at radius 2 is 2.29 bits per heavy atom. The lowest BCUT2D eigenvalue weighted by atomic mass is 9.94. The normalized spacial score (nSPS) is 25.3. The molecule has 17 heavy (non-hydrogen) atoms. The van der Waals surface area contributed by atoms with Gasteiger partial charge in [0.25, 0.3) is 0 Å². The van der Waals surface area contributed by atoms with Crippen molar-refractivity contribution in [1.29, 1.82) is 0 Å². The van der Waals surface area contributed by atoms with Crippen LogP contribution in [0.15, 0.2) is 12.3 Å². The average molecular weight is 230 g/mol. The lowest BCUT2D eigenvalue weighted by Crippen LogP contribution is -2.31. The SMILES string of the molecule is Cc1cnc2nc(C3CC(C)CCN3)[nH]c2c1. The molecule has 4 nitrogen and oxygen atoms in total. The molecule has 0 spiro atoms. The van der Waals surface area contributed by atoms with E-state index in [4.69, 9.17) is 0 Å². The highest BCUT2D eigenvalue weighted by molar-refractivity contribution is 5.71. The molecule has 0 bridgehead atoms. The minimum absolute atomic E-state index is 0.355. The number of rotatable bonds is 1. The number of nitrogens with one attached hydrogen (secondary N) is 2. The van der Waals surface area contributed by atoms with E-state index in [2.05, 4.69) is 33.3 Å². The van der Waals surface area contributed by atoms with Gasteiger partial charge in [-0.05, 0) is 43.9 Å². The molecule has 1 aliphatic rings. The zero-order valence-corrected chi connectivity index (χ0v) is 10.3. The van der Waals surface area contributed by atoms with Crippen molar-refractivity contribution in [2.45, 2.75) is 32.7 Å². The lowest BCUT2D eigenvalue weighted by Gasteiger charge is -2.26. The van der Waals surface area contributed by atoms with Crippen LogP contribution in [0.3, 0.4) is 0 Å². The number of imidazole rings is 1. The Kier molecular flexibility index (Phi) is 2.59. The highest BCUT2D eigenvalue weighted by atomic mass is 15.1. The van der Waals surface area contributed by atoms with Crippen molar-refractivity contribution in [2.75, 3.05) is 6.54 Å². The summed E-state index contributed by atoms with van der Waals surface area (Å²) >= 11 is 0. The van der Waals surface area contributed by atoms with Crippen LogP contribution < -0.4 is 5.32 Å². The van der Waals surface area contributed by atoms with Crippen LogP contribution in [0.5, 0.6) is 0 Å². The van der Waals surface area contributed by atoms with Crippen molar-refractivity contribution in [3.05, 3.63) is 23.7 Å². The van der Waals surface area contributed by atoms with Crippen LogP contribution in [-0.4, -0.2) is 21.5 Å². The van der Waals surface area contributed by atoms with E-state index in [0.29, 0.717) is 6.04 Å². The third-order valence-electron chi connectivity index (χ3n) is 3.49. The Hall–Kier alpha value is -1.42. The van der Waals surface area contributed by atoms with Crippen molar-refractivity contribution in [3.63, 3.8) is 0 Å². The Balaban J connectivity index is 1.94. The second-order valence-corrected chi connectivity index (χ2v) is 5.14. The van der Waals surface area contributed by atoms with Gasteiger partial charge in [-0.2, -0.15) is 0 Å². The van der Waals surface area contributed by atoms with Crippen LogP contribution in [0.4, 0.5) is 0 Å². The van der Waals surface area contributed by atoms with E-state index >= 15 is 0 Å². The first-order valence-corrected chi connectivity index (χ1v) is 6.28. The fourth-order valence-corrected chi connectivity index (χ4v) is 2.50. The second-order valence-electron chi connectivity index (χ2n) is 5.14. The molecule has 3 heterocycles. The molecule has 1 aliphatic heterocycles. The molecule has 1 fully saturated rings. The van der Waals surface area contributed by atoms with Crippen molar-refractivity contribution >= 4 is 11.2 Å². The molecule has 90 valence electrons. The first-order valence-electron chi connectivity index (χ1n) is 6.28. The van der Waals surface area contributed by atoms with Gasteiger partial charge < -0.3 is 10.3 Å². The summed E-state index contributed by atoms with van der Waals surface area (Å²) in [5.41, 5.74) is 3.03. The molecule has 2 unspecified atom stereocenters. The van der Waals surface area contributed by atoms with Gasteiger partial charge in [-0.3, -0.25) is 0 Å². The number of nitrogens with zero attached hydrogens (tertiary/aromatic N) is 2. The smallest absolute Gasteiger partial charge is 0.177 e. The van der Waals surface area contributed by atoms with Crippen molar-refractivity contribution in [2.24, 2.45) is 5.92 Å². The van der Waals surface area contributed by atoms with Crippen LogP contribution in [0.25, 0.3) is 11.2 Å². The van der Waals surface area contributed by atoms with E-state index in [1.54, 1.807) is 0 Å². The molecule has 2 N–H and O–H groups in total. The lowest BCUT2D eigenvalue weighted by molar-refractivity contribution is 0.317. The molecule has 0 aromatic carbocycles. The van der Waals surface area contributed by atoms with Crippen molar-refractivity contribution < 1.29 is 0 Å². The predicted molar refractivity (Wildman–Crippen MR) is 67.8 cm³/mol. The van der Waals surface area contributed by atoms with Crippen LogP contribution in [0, 0.1) is 12.8 Å². The Bertz CT molecular complexity index is 531. The molecule has 4 heteroatoms. The molecule has 0 saturated carbocycles. The largest absolute Gasteiger partial charge is 0.339 e. The van der Waals surface area contributed by atoms with Gasteiger partial charge in [-0.1, -0.05) is 6.92 Å². The number of hydrogen-bond acceptors (Lipinski definition) is 3. The number of fused-ring (bicyclic) bond motifs is 1. The van der Waals surface area contributed by atoms with Crippen molar-refractivity contribution in [3.8, 4) is 0 Å². The average Bonchev–Trinajstić information content (AvgIpc) is 2.72. The highest BCUT2D eigenvalue weighted by Crippen LogP contribution is 2.26. The number of pyridine rings is 1. The van der Waals surface area contributed by atoms with Gasteiger partial charge in [0.2, 0.25) is 0 Å². The summed E-state index contributed by atoms with van der Waals surface area (Å²) in [5.74, 6) is 1.80. The van der Waals surface area contributed by atoms with Crippen molar-refractivity contribution in [1.82, 2.24) is 20.3 Å². The van der Waals surface area contributed by atoms with Crippen LogP contribution >= 0.6 is 0 Å². The summed E-state index contributed by atoms with van der Waals surface area (Å²) < 4.78 is 0. The maximum absolute atomic E-state index is 4.58. The number of aromatic nitrogens is 3. The Morgan fingerprint density at radius 3 is 3.12 bits per heavy atom. The maximum atomic E-state index is 4.58. The fourth-order valence-electron chi connectivity index (χ4n) is 2.50. The zero-order valence-electron chi connectivity index (χ0n) is 10.3. The first kappa shape index (κ1) is 10.7. The molecule has 2 atom stereocenters. The molecule has 0 amide bonds. The van der Waals surface area contributed by atoms with Gasteiger partial charge in [0, 0.05) is 6.20 Å². The standard InChI is InChI=1S/C13H18N4/c1-8-3-4-14-10(5-8)13-16-11-6-9(2)7-15-12(11)17-13/h6-8,10,14H,3-5H2,1-2H3,(H,15,16,17).